The molecular formula is C26H40NO4P. The highest BCUT2D eigenvalue weighted by atomic mass is 31.2. The van der Waals surface area contributed by atoms with Crippen molar-refractivity contribution >= 4 is 24.7 Å². The van der Waals surface area contributed by atoms with E-state index in [4.69, 9.17) is 14.2 Å². The fourth-order valence-corrected chi connectivity index (χ4v) is 7.32. The summed E-state index contributed by atoms with van der Waals surface area (Å²) in [5.41, 5.74) is 4.03. The van der Waals surface area contributed by atoms with Gasteiger partial charge in [-0.3, -0.25) is 4.74 Å². The Bertz CT molecular complexity index is 962. The molecule has 0 aliphatic carbocycles. The normalized spacial score (nSPS) is 16.0. The van der Waals surface area contributed by atoms with E-state index in [1.54, 1.807) is 0 Å². The minimum absolute atomic E-state index is 0.0255. The van der Waals surface area contributed by atoms with Crippen LogP contribution < -0.4 is 0 Å². The first-order valence-corrected chi connectivity index (χ1v) is 13.1. The minimum atomic E-state index is -2.50. The van der Waals surface area contributed by atoms with E-state index in [9.17, 15) is 9.59 Å². The number of carbonyl (C=O) groups excluding carboxylic acids is 2. The quantitative estimate of drug-likeness (QED) is 0.358. The van der Waals surface area contributed by atoms with Crippen molar-refractivity contribution in [1.29, 1.82) is 0 Å². The second kappa shape index (κ2) is 8.48. The third kappa shape index (κ3) is 4.73. The molecule has 6 heteroatoms. The lowest BCUT2D eigenvalue weighted by Gasteiger charge is -2.32. The first-order valence-electron chi connectivity index (χ1n) is 11.2. The SMILES string of the molecule is CCP1(=Nc2c(C(C)(C)C)cc(C(C)(C)C)cc2C(C)(C)C)C(C(=O)OC)=C1C(=O)OC. The summed E-state index contributed by atoms with van der Waals surface area (Å²) in [6, 6.07) is 4.50. The Balaban J connectivity index is 3.00. The van der Waals surface area contributed by atoms with E-state index in [0.717, 1.165) is 16.8 Å². The number of benzene rings is 1. The van der Waals surface area contributed by atoms with Crippen LogP contribution >= 0.6 is 7.05 Å². The van der Waals surface area contributed by atoms with Crippen molar-refractivity contribution in [3.05, 3.63) is 39.5 Å². The van der Waals surface area contributed by atoms with Crippen molar-refractivity contribution < 1.29 is 19.1 Å². The number of rotatable bonds is 4. The number of carbonyl (C=O) groups is 2. The number of nitrogens with zero attached hydrogens (tertiary/aromatic N) is 1. The van der Waals surface area contributed by atoms with Crippen LogP contribution in [0.4, 0.5) is 5.69 Å². The van der Waals surface area contributed by atoms with Crippen molar-refractivity contribution in [1.82, 2.24) is 0 Å². The van der Waals surface area contributed by atoms with Gasteiger partial charge >= 0.3 is 11.9 Å². The Hall–Kier alpha value is -1.87. The van der Waals surface area contributed by atoms with Crippen LogP contribution in [0.15, 0.2) is 27.5 Å². The molecule has 0 unspecified atom stereocenters. The average molecular weight is 462 g/mol. The largest absolute Gasteiger partial charge is 0.465 e. The predicted molar refractivity (Wildman–Crippen MR) is 133 cm³/mol. The van der Waals surface area contributed by atoms with Crippen LogP contribution in [0.1, 0.15) is 85.9 Å². The van der Waals surface area contributed by atoms with E-state index in [-0.39, 0.29) is 16.2 Å². The predicted octanol–water partition coefficient (Wildman–Crippen LogP) is 7.00. The second-order valence-electron chi connectivity index (χ2n) is 11.5. The van der Waals surface area contributed by atoms with Gasteiger partial charge in [-0.1, -0.05) is 81.4 Å². The van der Waals surface area contributed by atoms with Gasteiger partial charge in [0, 0.05) is 0 Å². The smallest absolute Gasteiger partial charge is 0.341 e. The third-order valence-corrected chi connectivity index (χ3v) is 9.52. The van der Waals surface area contributed by atoms with Gasteiger partial charge in [-0.2, -0.15) is 0 Å². The average Bonchev–Trinajstić information content (AvgIpc) is 3.32. The molecule has 0 fully saturated rings. The highest BCUT2D eigenvalue weighted by molar-refractivity contribution is 7.84. The maximum atomic E-state index is 12.6. The molecule has 0 saturated heterocycles. The fourth-order valence-electron chi connectivity index (χ4n) is 3.94. The Morgan fingerprint density at radius 3 is 1.41 bits per heavy atom. The maximum Gasteiger partial charge on any atom is 0.341 e. The molecule has 0 N–H and O–H groups in total. The summed E-state index contributed by atoms with van der Waals surface area (Å²) in [6.07, 6.45) is 0.579. The Kier molecular flexibility index (Phi) is 6.99. The summed E-state index contributed by atoms with van der Waals surface area (Å²) in [4.78, 5) is 25.2. The molecule has 0 aromatic heterocycles. The lowest BCUT2D eigenvalue weighted by atomic mass is 9.74. The van der Waals surface area contributed by atoms with Crippen LogP contribution in [0.5, 0.6) is 0 Å². The second-order valence-corrected chi connectivity index (χ2v) is 14.8. The molecule has 178 valence electrons. The standard InChI is InChI=1S/C26H40NO4P/c1-13-32(20(22(28)30-11)21(32)23(29)31-12)27-19-17(25(5,6)7)14-16(24(2,3)4)15-18(19)26(8,9)10/h14-15H,13H2,1-12H3. The van der Waals surface area contributed by atoms with Crippen molar-refractivity contribution in [3.63, 3.8) is 0 Å². The first-order chi connectivity index (χ1) is 14.5. The molecule has 1 aliphatic rings. The van der Waals surface area contributed by atoms with Gasteiger partial charge in [-0.05, 0) is 39.1 Å². The number of methoxy groups -OCH3 is 2. The topological polar surface area (TPSA) is 65.0 Å². The summed E-state index contributed by atoms with van der Waals surface area (Å²) in [5.74, 6) is -0.962. The molecule has 1 aromatic carbocycles. The molecule has 0 radical (unpaired) electrons. The van der Waals surface area contributed by atoms with E-state index in [1.165, 1.54) is 19.8 Å². The number of ether oxygens (including phenoxy) is 2. The van der Waals surface area contributed by atoms with E-state index in [1.807, 2.05) is 6.92 Å². The summed E-state index contributed by atoms with van der Waals surface area (Å²) in [5, 5.41) is 0.822. The first kappa shape index (κ1) is 26.4. The van der Waals surface area contributed by atoms with E-state index in [0.29, 0.717) is 16.8 Å². The highest BCUT2D eigenvalue weighted by Gasteiger charge is 2.54. The van der Waals surface area contributed by atoms with Crippen LogP contribution in [-0.2, 0) is 35.3 Å². The Morgan fingerprint density at radius 2 is 1.16 bits per heavy atom. The fraction of sp³-hybridized carbons (Fsp3) is 0.615. The van der Waals surface area contributed by atoms with Gasteiger partial charge in [0.2, 0.25) is 0 Å². The van der Waals surface area contributed by atoms with Crippen LogP contribution in [0.2, 0.25) is 0 Å². The van der Waals surface area contributed by atoms with Crippen molar-refractivity contribution in [3.8, 4) is 0 Å². The molecular weight excluding hydrogens is 421 g/mol. The van der Waals surface area contributed by atoms with E-state index >= 15 is 0 Å². The number of esters is 2. The summed E-state index contributed by atoms with van der Waals surface area (Å²) >= 11 is 0. The molecule has 0 amide bonds. The van der Waals surface area contributed by atoms with E-state index < -0.39 is 19.0 Å². The summed E-state index contributed by atoms with van der Waals surface area (Å²) in [7, 11) is 0.178. The molecule has 1 aromatic rings. The Labute approximate surface area is 194 Å². The zero-order valence-electron chi connectivity index (χ0n) is 21.9. The molecule has 0 atom stereocenters. The van der Waals surface area contributed by atoms with Crippen LogP contribution in [0.3, 0.4) is 0 Å². The third-order valence-electron chi connectivity index (χ3n) is 5.99. The van der Waals surface area contributed by atoms with Gasteiger partial charge in [0.1, 0.15) is 0 Å². The lowest BCUT2D eigenvalue weighted by molar-refractivity contribution is -0.137. The van der Waals surface area contributed by atoms with Gasteiger partial charge in [-0.15, -0.1) is 0 Å². The zero-order valence-corrected chi connectivity index (χ0v) is 22.8. The van der Waals surface area contributed by atoms with Crippen LogP contribution in [0, 0.1) is 0 Å². The van der Waals surface area contributed by atoms with Crippen LogP contribution in [-0.4, -0.2) is 32.3 Å². The number of hydrogen-bond acceptors (Lipinski definition) is 5. The van der Waals surface area contributed by atoms with Gasteiger partial charge in [0.15, 0.2) is 0 Å². The molecule has 2 rings (SSSR count). The molecule has 0 saturated carbocycles. The van der Waals surface area contributed by atoms with Gasteiger partial charge < -0.3 is 9.47 Å². The Morgan fingerprint density at radius 1 is 0.781 bits per heavy atom. The molecule has 0 spiro atoms. The molecule has 1 aliphatic heterocycles. The van der Waals surface area contributed by atoms with Crippen molar-refractivity contribution in [2.75, 3.05) is 20.4 Å². The maximum absolute atomic E-state index is 12.6. The molecule has 0 bridgehead atoms. The van der Waals surface area contributed by atoms with Gasteiger partial charge in [0.05, 0.1) is 37.6 Å². The monoisotopic (exact) mass is 461 g/mol. The van der Waals surface area contributed by atoms with Gasteiger partial charge in [-0.25, -0.2) is 9.59 Å². The van der Waals surface area contributed by atoms with E-state index in [2.05, 4.69) is 74.4 Å². The van der Waals surface area contributed by atoms with Gasteiger partial charge in [0.25, 0.3) is 0 Å². The molecule has 32 heavy (non-hydrogen) atoms. The highest BCUT2D eigenvalue weighted by Crippen LogP contribution is 2.80. The molecule has 5 nitrogen and oxygen atoms in total. The zero-order chi connectivity index (χ0) is 24.9. The van der Waals surface area contributed by atoms with Crippen LogP contribution in [0.25, 0.3) is 0 Å². The van der Waals surface area contributed by atoms with Crippen molar-refractivity contribution in [2.45, 2.75) is 85.5 Å². The van der Waals surface area contributed by atoms with Crippen molar-refractivity contribution in [2.24, 2.45) is 4.74 Å². The molecule has 1 heterocycles. The summed E-state index contributed by atoms with van der Waals surface area (Å²) < 4.78 is 15.3. The number of hydrogen-bond donors (Lipinski definition) is 0. The summed E-state index contributed by atoms with van der Waals surface area (Å²) in [6.45, 7) is 21.7. The minimum Gasteiger partial charge on any atom is -0.465 e. The lowest BCUT2D eigenvalue weighted by Crippen LogP contribution is -2.21.